The third kappa shape index (κ3) is 2.66. The first kappa shape index (κ1) is 9.92. The number of nitrogens with zero attached hydrogens (tertiary/aromatic N) is 2. The molecule has 0 atom stereocenters. The van der Waals surface area contributed by atoms with Crippen molar-refractivity contribution in [3.63, 3.8) is 0 Å². The molecule has 0 bridgehead atoms. The highest BCUT2D eigenvalue weighted by Gasteiger charge is 2.04. The van der Waals surface area contributed by atoms with Crippen LogP contribution in [0.4, 0.5) is 0 Å². The van der Waals surface area contributed by atoms with E-state index in [9.17, 15) is 0 Å². The number of rotatable bonds is 4. The third-order valence-corrected chi connectivity index (χ3v) is 2.01. The molecule has 0 aliphatic carbocycles. The number of aromatic nitrogens is 2. The number of nitrogens with one attached hydrogen (secondary N) is 1. The summed E-state index contributed by atoms with van der Waals surface area (Å²) in [6.45, 7) is 5.34. The van der Waals surface area contributed by atoms with Crippen LogP contribution in [0, 0.1) is 13.8 Å². The molecule has 1 heterocycles. The summed E-state index contributed by atoms with van der Waals surface area (Å²) in [5.41, 5.74) is 8.76. The second-order valence-corrected chi connectivity index (χ2v) is 2.99. The molecule has 0 unspecified atom stereocenters. The van der Waals surface area contributed by atoms with E-state index in [-0.39, 0.29) is 0 Å². The van der Waals surface area contributed by atoms with Crippen molar-refractivity contribution in [1.82, 2.24) is 10.2 Å². The summed E-state index contributed by atoms with van der Waals surface area (Å²) in [4.78, 5) is 4.16. The van der Waals surface area contributed by atoms with Crippen molar-refractivity contribution in [3.8, 4) is 0 Å². The van der Waals surface area contributed by atoms with Gasteiger partial charge in [-0.25, -0.2) is 0 Å². The van der Waals surface area contributed by atoms with Gasteiger partial charge in [0.15, 0.2) is 0 Å². The minimum absolute atomic E-state index is 0.517. The van der Waals surface area contributed by atoms with Crippen LogP contribution in [0.5, 0.6) is 0 Å². The highest BCUT2D eigenvalue weighted by Crippen LogP contribution is 2.09. The molecule has 4 heteroatoms. The van der Waals surface area contributed by atoms with Crippen LogP contribution in [-0.2, 0) is 6.42 Å². The molecular weight excluding hydrogens is 164 g/mol. The fourth-order valence-corrected chi connectivity index (χ4v) is 1.28. The van der Waals surface area contributed by atoms with E-state index < -0.39 is 0 Å². The Balaban J connectivity index is 2.49. The van der Waals surface area contributed by atoms with Crippen molar-refractivity contribution >= 4 is 6.21 Å². The molecule has 3 N–H and O–H groups in total. The van der Waals surface area contributed by atoms with Gasteiger partial charge in [0.05, 0.1) is 5.69 Å². The Labute approximate surface area is 78.3 Å². The van der Waals surface area contributed by atoms with Crippen LogP contribution in [0.2, 0.25) is 0 Å². The molecule has 0 spiro atoms. The van der Waals surface area contributed by atoms with Gasteiger partial charge in [-0.3, -0.25) is 10.1 Å². The lowest BCUT2D eigenvalue weighted by Crippen LogP contribution is -2.01. The predicted molar refractivity (Wildman–Crippen MR) is 54.2 cm³/mol. The summed E-state index contributed by atoms with van der Waals surface area (Å²) in [5, 5.41) is 7.06. The number of H-pyrrole nitrogens is 1. The Kier molecular flexibility index (Phi) is 3.64. The molecule has 72 valence electrons. The minimum atomic E-state index is 0.517. The zero-order valence-electron chi connectivity index (χ0n) is 8.17. The van der Waals surface area contributed by atoms with Crippen LogP contribution in [0.3, 0.4) is 0 Å². The highest BCUT2D eigenvalue weighted by molar-refractivity contribution is 5.59. The summed E-state index contributed by atoms with van der Waals surface area (Å²) in [7, 11) is 0. The molecule has 0 aromatic carbocycles. The molecule has 1 rings (SSSR count). The zero-order valence-corrected chi connectivity index (χ0v) is 8.17. The molecule has 13 heavy (non-hydrogen) atoms. The average Bonchev–Trinajstić information content (AvgIpc) is 2.42. The van der Waals surface area contributed by atoms with E-state index in [1.807, 2.05) is 13.8 Å². The van der Waals surface area contributed by atoms with Gasteiger partial charge in [0.1, 0.15) is 0 Å². The number of hydrogen-bond donors (Lipinski definition) is 2. The van der Waals surface area contributed by atoms with E-state index >= 15 is 0 Å². The standard InChI is InChI=1S/C9H16N4/c1-7-9(8(2)13-12-7)3-5-11-6-4-10/h6H,3-5,10H2,1-2H3,(H,12,13). The number of hydrogen-bond acceptors (Lipinski definition) is 3. The minimum Gasteiger partial charge on any atom is -0.326 e. The van der Waals surface area contributed by atoms with Crippen LogP contribution >= 0.6 is 0 Å². The Bertz CT molecular complexity index is 268. The quantitative estimate of drug-likeness (QED) is 0.666. The molecule has 1 aromatic rings. The van der Waals surface area contributed by atoms with E-state index in [4.69, 9.17) is 5.73 Å². The molecule has 0 aliphatic heterocycles. The van der Waals surface area contributed by atoms with Crippen LogP contribution in [0.25, 0.3) is 0 Å². The van der Waals surface area contributed by atoms with E-state index in [1.165, 1.54) is 5.56 Å². The Hall–Kier alpha value is -1.16. The first-order valence-electron chi connectivity index (χ1n) is 4.44. The fourth-order valence-electron chi connectivity index (χ4n) is 1.28. The lowest BCUT2D eigenvalue weighted by molar-refractivity contribution is 0.950. The molecule has 0 amide bonds. The van der Waals surface area contributed by atoms with Gasteiger partial charge in [0, 0.05) is 25.0 Å². The van der Waals surface area contributed by atoms with E-state index in [1.54, 1.807) is 6.21 Å². The van der Waals surface area contributed by atoms with Crippen LogP contribution < -0.4 is 5.73 Å². The molecule has 4 nitrogen and oxygen atoms in total. The SMILES string of the molecule is Cc1n[nH]c(C)c1CCN=CCN. The lowest BCUT2D eigenvalue weighted by Gasteiger charge is -1.96. The van der Waals surface area contributed by atoms with E-state index in [0.717, 1.165) is 24.4 Å². The van der Waals surface area contributed by atoms with Crippen molar-refractivity contribution < 1.29 is 0 Å². The summed E-state index contributed by atoms with van der Waals surface area (Å²) < 4.78 is 0. The maximum absolute atomic E-state index is 5.28. The van der Waals surface area contributed by atoms with Crippen molar-refractivity contribution in [3.05, 3.63) is 17.0 Å². The van der Waals surface area contributed by atoms with Crippen molar-refractivity contribution in [2.45, 2.75) is 20.3 Å². The summed E-state index contributed by atoms with van der Waals surface area (Å²) in [5.74, 6) is 0. The number of aromatic amines is 1. The molecule has 1 aromatic heterocycles. The van der Waals surface area contributed by atoms with Crippen molar-refractivity contribution in [1.29, 1.82) is 0 Å². The van der Waals surface area contributed by atoms with E-state index in [2.05, 4.69) is 15.2 Å². The number of aliphatic imine (C=N–C) groups is 1. The van der Waals surface area contributed by atoms with Crippen molar-refractivity contribution in [2.24, 2.45) is 10.7 Å². The molecule has 0 saturated heterocycles. The van der Waals surface area contributed by atoms with Crippen LogP contribution in [0.15, 0.2) is 4.99 Å². The smallest absolute Gasteiger partial charge is 0.0626 e. The Morgan fingerprint density at radius 2 is 2.31 bits per heavy atom. The van der Waals surface area contributed by atoms with Gasteiger partial charge in [0.25, 0.3) is 0 Å². The topological polar surface area (TPSA) is 67.1 Å². The van der Waals surface area contributed by atoms with Crippen molar-refractivity contribution in [2.75, 3.05) is 13.1 Å². The number of nitrogens with two attached hydrogens (primary N) is 1. The second kappa shape index (κ2) is 4.77. The van der Waals surface area contributed by atoms with Gasteiger partial charge in [-0.05, 0) is 25.8 Å². The van der Waals surface area contributed by atoms with Gasteiger partial charge in [-0.2, -0.15) is 5.10 Å². The average molecular weight is 180 g/mol. The monoisotopic (exact) mass is 180 g/mol. The van der Waals surface area contributed by atoms with Gasteiger partial charge < -0.3 is 5.73 Å². The largest absolute Gasteiger partial charge is 0.326 e. The van der Waals surface area contributed by atoms with Gasteiger partial charge >= 0.3 is 0 Å². The zero-order chi connectivity index (χ0) is 9.68. The summed E-state index contributed by atoms with van der Waals surface area (Å²) >= 11 is 0. The van der Waals surface area contributed by atoms with Gasteiger partial charge in [-0.15, -0.1) is 0 Å². The molecular formula is C9H16N4. The molecule has 0 saturated carbocycles. The van der Waals surface area contributed by atoms with Crippen LogP contribution in [-0.4, -0.2) is 29.5 Å². The fraction of sp³-hybridized carbons (Fsp3) is 0.556. The van der Waals surface area contributed by atoms with E-state index in [0.29, 0.717) is 6.54 Å². The summed E-state index contributed by atoms with van der Waals surface area (Å²) in [6.07, 6.45) is 2.68. The third-order valence-electron chi connectivity index (χ3n) is 2.01. The summed E-state index contributed by atoms with van der Waals surface area (Å²) in [6, 6.07) is 0. The second-order valence-electron chi connectivity index (χ2n) is 2.99. The highest BCUT2D eigenvalue weighted by atomic mass is 15.1. The Morgan fingerprint density at radius 1 is 1.54 bits per heavy atom. The van der Waals surface area contributed by atoms with Crippen LogP contribution in [0.1, 0.15) is 17.0 Å². The maximum atomic E-state index is 5.28. The number of aryl methyl sites for hydroxylation is 2. The first-order chi connectivity index (χ1) is 6.25. The van der Waals surface area contributed by atoms with Gasteiger partial charge in [0.2, 0.25) is 0 Å². The Morgan fingerprint density at radius 3 is 2.85 bits per heavy atom. The first-order valence-corrected chi connectivity index (χ1v) is 4.44. The normalized spacial score (nSPS) is 11.3. The molecule has 0 aliphatic rings. The lowest BCUT2D eigenvalue weighted by atomic mass is 10.1. The predicted octanol–water partition coefficient (Wildman–Crippen LogP) is 0.599. The molecule has 0 radical (unpaired) electrons. The maximum Gasteiger partial charge on any atom is 0.0626 e. The molecule has 0 fully saturated rings. The van der Waals surface area contributed by atoms with Gasteiger partial charge in [-0.1, -0.05) is 0 Å².